The number of hydrogen-bond donors (Lipinski definition) is 2. The smallest absolute Gasteiger partial charge is 0.201 e. The molecule has 2 aromatic rings. The van der Waals surface area contributed by atoms with Gasteiger partial charge in [-0.15, -0.1) is 0 Å². The average molecular weight is 562 g/mol. The molecule has 1 aromatic carbocycles. The van der Waals surface area contributed by atoms with Crippen LogP contribution in [-0.4, -0.2) is 41.0 Å². The lowest BCUT2D eigenvalue weighted by atomic mass is 10.3. The summed E-state index contributed by atoms with van der Waals surface area (Å²) in [6.07, 6.45) is 1.09. The summed E-state index contributed by atoms with van der Waals surface area (Å²) in [6, 6.07) is 0. The van der Waals surface area contributed by atoms with Gasteiger partial charge in [-0.3, -0.25) is 0 Å². The zero-order valence-corrected chi connectivity index (χ0v) is 18.8. The Morgan fingerprint density at radius 2 is 1.64 bits per heavy atom. The van der Waals surface area contributed by atoms with E-state index >= 15 is 0 Å². The standard InChI is InChI=1S/C14H18Br4N4/c1-3-22(4-2)7-5-6-19-14-20-12-10(17)8(15)9(16)11(18)13(12)21-14/h3-7H2,1-2H3,(H2,19,20,21). The highest BCUT2D eigenvalue weighted by molar-refractivity contribution is 9.15. The Balaban J connectivity index is 2.08. The van der Waals surface area contributed by atoms with E-state index in [0.29, 0.717) is 0 Å². The zero-order chi connectivity index (χ0) is 16.3. The minimum absolute atomic E-state index is 0.793. The largest absolute Gasteiger partial charge is 0.356 e. The molecule has 0 saturated carbocycles. The van der Waals surface area contributed by atoms with Crippen LogP contribution in [0.2, 0.25) is 0 Å². The highest BCUT2D eigenvalue weighted by Crippen LogP contribution is 2.42. The van der Waals surface area contributed by atoms with Crippen LogP contribution in [-0.2, 0) is 0 Å². The summed E-state index contributed by atoms with van der Waals surface area (Å²) in [5.74, 6) is 0.793. The predicted octanol–water partition coefficient (Wildman–Crippen LogP) is 5.76. The van der Waals surface area contributed by atoms with Crippen molar-refractivity contribution in [2.75, 3.05) is 31.5 Å². The van der Waals surface area contributed by atoms with Gasteiger partial charge < -0.3 is 15.2 Å². The number of aromatic nitrogens is 2. The Labute approximate surface area is 164 Å². The van der Waals surface area contributed by atoms with E-state index in [1.165, 1.54) is 0 Å². The lowest BCUT2D eigenvalue weighted by Crippen LogP contribution is -2.25. The highest BCUT2D eigenvalue weighted by Gasteiger charge is 2.17. The first-order valence-corrected chi connectivity index (χ1v) is 10.3. The fourth-order valence-electron chi connectivity index (χ4n) is 2.23. The monoisotopic (exact) mass is 558 g/mol. The molecule has 22 heavy (non-hydrogen) atoms. The third-order valence-electron chi connectivity index (χ3n) is 3.55. The van der Waals surface area contributed by atoms with E-state index in [-0.39, 0.29) is 0 Å². The van der Waals surface area contributed by atoms with Gasteiger partial charge in [0.1, 0.15) is 5.52 Å². The van der Waals surface area contributed by atoms with Gasteiger partial charge in [0.25, 0.3) is 0 Å². The molecule has 2 N–H and O–H groups in total. The highest BCUT2D eigenvalue weighted by atomic mass is 79.9. The molecule has 0 saturated heterocycles. The summed E-state index contributed by atoms with van der Waals surface area (Å²) in [5.41, 5.74) is 1.86. The van der Waals surface area contributed by atoms with Crippen LogP contribution in [0.5, 0.6) is 0 Å². The second-order valence-electron chi connectivity index (χ2n) is 4.87. The molecule has 4 nitrogen and oxygen atoms in total. The number of nitrogens with zero attached hydrogens (tertiary/aromatic N) is 2. The number of imidazole rings is 1. The number of fused-ring (bicyclic) bond motifs is 1. The van der Waals surface area contributed by atoms with Gasteiger partial charge in [0.15, 0.2) is 0 Å². The van der Waals surface area contributed by atoms with Crippen LogP contribution in [0.25, 0.3) is 11.0 Å². The summed E-state index contributed by atoms with van der Waals surface area (Å²) in [4.78, 5) is 10.4. The molecule has 122 valence electrons. The number of anilines is 1. The predicted molar refractivity (Wildman–Crippen MR) is 108 cm³/mol. The van der Waals surface area contributed by atoms with Crippen molar-refractivity contribution in [1.29, 1.82) is 0 Å². The van der Waals surface area contributed by atoms with Crippen molar-refractivity contribution in [1.82, 2.24) is 14.9 Å². The maximum absolute atomic E-state index is 4.62. The van der Waals surface area contributed by atoms with Crippen molar-refractivity contribution < 1.29 is 0 Å². The van der Waals surface area contributed by atoms with Gasteiger partial charge in [0, 0.05) is 15.5 Å². The number of aromatic amines is 1. The van der Waals surface area contributed by atoms with Crippen molar-refractivity contribution in [2.24, 2.45) is 0 Å². The molecule has 8 heteroatoms. The Kier molecular flexibility index (Phi) is 7.20. The molecular weight excluding hydrogens is 544 g/mol. The van der Waals surface area contributed by atoms with Gasteiger partial charge in [-0.1, -0.05) is 13.8 Å². The topological polar surface area (TPSA) is 44.0 Å². The molecule has 0 aliphatic rings. The summed E-state index contributed by atoms with van der Waals surface area (Å²) >= 11 is 14.3. The van der Waals surface area contributed by atoms with Crippen LogP contribution < -0.4 is 5.32 Å². The average Bonchev–Trinajstić information content (AvgIpc) is 2.95. The zero-order valence-electron chi connectivity index (χ0n) is 12.4. The fraction of sp³-hybridized carbons (Fsp3) is 0.500. The molecule has 0 aliphatic heterocycles. The fourth-order valence-corrected chi connectivity index (χ4v) is 4.52. The molecular formula is C14H18Br4N4. The van der Waals surface area contributed by atoms with E-state index in [1.807, 2.05) is 0 Å². The second kappa shape index (κ2) is 8.46. The molecule has 1 heterocycles. The van der Waals surface area contributed by atoms with Crippen LogP contribution in [0.3, 0.4) is 0 Å². The van der Waals surface area contributed by atoms with Crippen molar-refractivity contribution in [3.63, 3.8) is 0 Å². The lowest BCUT2D eigenvalue weighted by molar-refractivity contribution is 0.303. The van der Waals surface area contributed by atoms with Crippen molar-refractivity contribution in [3.05, 3.63) is 17.9 Å². The number of hydrogen-bond acceptors (Lipinski definition) is 3. The van der Waals surface area contributed by atoms with Gasteiger partial charge in [0.05, 0.1) is 14.5 Å². The molecule has 1 aromatic heterocycles. The Bertz CT molecular complexity index is 607. The number of benzene rings is 1. The van der Waals surface area contributed by atoms with Crippen molar-refractivity contribution in [2.45, 2.75) is 20.3 Å². The Morgan fingerprint density at radius 1 is 1.00 bits per heavy atom. The molecule has 0 unspecified atom stereocenters. The van der Waals surface area contributed by atoms with E-state index < -0.39 is 0 Å². The van der Waals surface area contributed by atoms with Gasteiger partial charge in [0.2, 0.25) is 5.95 Å². The Hall–Kier alpha value is 0.370. The van der Waals surface area contributed by atoms with Crippen LogP contribution in [0.4, 0.5) is 5.95 Å². The number of halogens is 4. The first-order chi connectivity index (χ1) is 10.5. The maximum Gasteiger partial charge on any atom is 0.201 e. The minimum atomic E-state index is 0.793. The van der Waals surface area contributed by atoms with Crippen LogP contribution in [0.1, 0.15) is 20.3 Å². The summed E-state index contributed by atoms with van der Waals surface area (Å²) in [6.45, 7) is 8.59. The van der Waals surface area contributed by atoms with Gasteiger partial charge in [-0.25, -0.2) is 4.98 Å². The molecule has 2 rings (SSSR count). The minimum Gasteiger partial charge on any atom is -0.356 e. The molecule has 0 bridgehead atoms. The summed E-state index contributed by atoms with van der Waals surface area (Å²) in [7, 11) is 0. The maximum atomic E-state index is 4.62. The molecule has 0 atom stereocenters. The second-order valence-corrected chi connectivity index (χ2v) is 8.04. The molecule has 0 amide bonds. The van der Waals surface area contributed by atoms with Crippen LogP contribution in [0, 0.1) is 0 Å². The summed E-state index contributed by atoms with van der Waals surface area (Å²) in [5, 5.41) is 3.37. The quantitative estimate of drug-likeness (QED) is 0.257. The van der Waals surface area contributed by atoms with Crippen molar-refractivity contribution >= 4 is 80.7 Å². The van der Waals surface area contributed by atoms with Crippen LogP contribution in [0.15, 0.2) is 17.9 Å². The third-order valence-corrected chi connectivity index (χ3v) is 8.29. The third kappa shape index (κ3) is 4.06. The van der Waals surface area contributed by atoms with E-state index in [2.05, 4.69) is 97.8 Å². The normalized spacial score (nSPS) is 11.6. The van der Waals surface area contributed by atoms with E-state index in [1.54, 1.807) is 0 Å². The molecule has 0 spiro atoms. The summed E-state index contributed by atoms with van der Waals surface area (Å²) < 4.78 is 3.81. The Morgan fingerprint density at radius 3 is 2.27 bits per heavy atom. The van der Waals surface area contributed by atoms with E-state index in [9.17, 15) is 0 Å². The van der Waals surface area contributed by atoms with Crippen molar-refractivity contribution in [3.8, 4) is 0 Å². The van der Waals surface area contributed by atoms with E-state index in [4.69, 9.17) is 0 Å². The number of H-pyrrole nitrogens is 1. The number of rotatable bonds is 7. The van der Waals surface area contributed by atoms with Gasteiger partial charge >= 0.3 is 0 Å². The SMILES string of the molecule is CCN(CC)CCCNc1nc2c(Br)c(Br)c(Br)c(Br)c2[nH]1. The molecule has 0 radical (unpaired) electrons. The van der Waals surface area contributed by atoms with E-state index in [0.717, 1.165) is 67.5 Å². The number of nitrogens with one attached hydrogen (secondary N) is 2. The first kappa shape index (κ1) is 18.7. The lowest BCUT2D eigenvalue weighted by Gasteiger charge is -2.17. The van der Waals surface area contributed by atoms with Crippen LogP contribution >= 0.6 is 63.7 Å². The van der Waals surface area contributed by atoms with Gasteiger partial charge in [-0.05, 0) is 89.8 Å². The molecule has 0 aliphatic carbocycles. The van der Waals surface area contributed by atoms with Gasteiger partial charge in [-0.2, -0.15) is 0 Å². The molecule has 0 fully saturated rings. The first-order valence-electron chi connectivity index (χ1n) is 7.17.